The first kappa shape index (κ1) is 14.0. The molecule has 20 heavy (non-hydrogen) atoms. The second kappa shape index (κ2) is 6.70. The van der Waals surface area contributed by atoms with Crippen LogP contribution in [0.5, 0.6) is 0 Å². The number of rotatable bonds is 6. The van der Waals surface area contributed by atoms with Crippen LogP contribution in [0.1, 0.15) is 20.3 Å². The van der Waals surface area contributed by atoms with Gasteiger partial charge in [0.05, 0.1) is 11.9 Å². The molecule has 0 aromatic carbocycles. The first-order valence-corrected chi connectivity index (χ1v) is 6.68. The van der Waals surface area contributed by atoms with Crippen LogP contribution in [0.4, 0.5) is 23.0 Å². The van der Waals surface area contributed by atoms with Gasteiger partial charge in [0, 0.05) is 12.7 Å². The van der Waals surface area contributed by atoms with Crippen molar-refractivity contribution < 1.29 is 0 Å². The number of hydrogen-bond donors (Lipinski definition) is 3. The number of pyridine rings is 1. The summed E-state index contributed by atoms with van der Waals surface area (Å²) in [5.74, 6) is 1.88. The summed E-state index contributed by atoms with van der Waals surface area (Å²) in [6, 6.07) is 3.75. The van der Waals surface area contributed by atoms with Crippen molar-refractivity contribution in [1.29, 1.82) is 0 Å². The van der Waals surface area contributed by atoms with Crippen LogP contribution in [-0.4, -0.2) is 21.5 Å². The second-order valence-electron chi connectivity index (χ2n) is 4.96. The third kappa shape index (κ3) is 3.81. The summed E-state index contributed by atoms with van der Waals surface area (Å²) in [7, 11) is 0. The van der Waals surface area contributed by atoms with Gasteiger partial charge in [0.15, 0.2) is 11.6 Å². The smallest absolute Gasteiger partial charge is 0.159 e. The van der Waals surface area contributed by atoms with Gasteiger partial charge >= 0.3 is 0 Å². The molecule has 0 amide bonds. The summed E-state index contributed by atoms with van der Waals surface area (Å²) in [6.45, 7) is 5.20. The van der Waals surface area contributed by atoms with Crippen molar-refractivity contribution in [3.05, 3.63) is 30.9 Å². The van der Waals surface area contributed by atoms with E-state index < -0.39 is 0 Å². The van der Waals surface area contributed by atoms with E-state index in [1.807, 2.05) is 12.1 Å². The highest BCUT2D eigenvalue weighted by Crippen LogP contribution is 2.25. The first-order valence-electron chi connectivity index (χ1n) is 6.68. The van der Waals surface area contributed by atoms with Crippen molar-refractivity contribution >= 4 is 23.0 Å². The minimum Gasteiger partial charge on any atom is -0.393 e. The topological polar surface area (TPSA) is 88.8 Å². The molecule has 2 aromatic heterocycles. The fourth-order valence-electron chi connectivity index (χ4n) is 1.69. The highest BCUT2D eigenvalue weighted by Gasteiger charge is 2.08. The van der Waals surface area contributed by atoms with Crippen LogP contribution in [-0.2, 0) is 0 Å². The van der Waals surface area contributed by atoms with Gasteiger partial charge in [-0.1, -0.05) is 13.8 Å². The number of anilines is 4. The number of nitrogens with zero attached hydrogens (tertiary/aromatic N) is 3. The molecule has 0 spiro atoms. The average molecular weight is 272 g/mol. The van der Waals surface area contributed by atoms with Crippen LogP contribution in [0.15, 0.2) is 30.9 Å². The van der Waals surface area contributed by atoms with Gasteiger partial charge in [-0.15, -0.1) is 0 Å². The molecular formula is C14H20N6. The van der Waals surface area contributed by atoms with Crippen molar-refractivity contribution in [1.82, 2.24) is 15.0 Å². The standard InChI is InChI=1S/C14H20N6/c1-10(2)5-7-17-13-12(15)14(19-9-18-13)20-11-4-3-6-16-8-11/h3-4,6,8-10H,5,7,15H2,1-2H3,(H2,17,18,19,20). The lowest BCUT2D eigenvalue weighted by molar-refractivity contribution is 0.606. The summed E-state index contributed by atoms with van der Waals surface area (Å²) in [5, 5.41) is 6.37. The van der Waals surface area contributed by atoms with E-state index in [0.29, 0.717) is 23.2 Å². The molecule has 106 valence electrons. The fourth-order valence-corrected chi connectivity index (χ4v) is 1.69. The van der Waals surface area contributed by atoms with Gasteiger partial charge in [-0.2, -0.15) is 0 Å². The fraction of sp³-hybridized carbons (Fsp3) is 0.357. The van der Waals surface area contributed by atoms with Crippen LogP contribution < -0.4 is 16.4 Å². The molecule has 0 aliphatic carbocycles. The molecule has 0 saturated carbocycles. The van der Waals surface area contributed by atoms with Crippen LogP contribution in [0.25, 0.3) is 0 Å². The predicted octanol–water partition coefficient (Wildman–Crippen LogP) is 2.66. The van der Waals surface area contributed by atoms with E-state index in [1.54, 1.807) is 12.4 Å². The Morgan fingerprint density at radius 1 is 1.25 bits per heavy atom. The normalized spacial score (nSPS) is 10.6. The Balaban J connectivity index is 2.07. The maximum atomic E-state index is 6.08. The minimum absolute atomic E-state index is 0.514. The molecule has 0 aliphatic heterocycles. The van der Waals surface area contributed by atoms with Crippen molar-refractivity contribution in [2.75, 3.05) is 22.9 Å². The number of hydrogen-bond acceptors (Lipinski definition) is 6. The van der Waals surface area contributed by atoms with E-state index in [9.17, 15) is 0 Å². The summed E-state index contributed by atoms with van der Waals surface area (Å²) < 4.78 is 0. The Morgan fingerprint density at radius 2 is 2.05 bits per heavy atom. The molecule has 0 atom stereocenters. The zero-order chi connectivity index (χ0) is 14.4. The highest BCUT2D eigenvalue weighted by molar-refractivity contribution is 5.77. The zero-order valence-electron chi connectivity index (χ0n) is 11.8. The van der Waals surface area contributed by atoms with Crippen molar-refractivity contribution in [2.45, 2.75) is 20.3 Å². The second-order valence-corrected chi connectivity index (χ2v) is 4.96. The highest BCUT2D eigenvalue weighted by atomic mass is 15.1. The molecule has 0 unspecified atom stereocenters. The zero-order valence-corrected chi connectivity index (χ0v) is 11.8. The predicted molar refractivity (Wildman–Crippen MR) is 81.9 cm³/mol. The Bertz CT molecular complexity index is 541. The van der Waals surface area contributed by atoms with E-state index in [1.165, 1.54) is 6.33 Å². The Labute approximate surface area is 118 Å². The molecule has 2 rings (SSSR count). The van der Waals surface area contributed by atoms with Crippen LogP contribution >= 0.6 is 0 Å². The van der Waals surface area contributed by atoms with Gasteiger partial charge < -0.3 is 16.4 Å². The molecule has 0 bridgehead atoms. The molecule has 2 heterocycles. The molecular weight excluding hydrogens is 252 g/mol. The third-order valence-corrected chi connectivity index (χ3v) is 2.82. The molecule has 0 radical (unpaired) electrons. The largest absolute Gasteiger partial charge is 0.393 e. The first-order chi connectivity index (χ1) is 9.66. The number of nitrogens with two attached hydrogens (primary N) is 1. The Kier molecular flexibility index (Phi) is 4.70. The van der Waals surface area contributed by atoms with Gasteiger partial charge in [-0.3, -0.25) is 4.98 Å². The van der Waals surface area contributed by atoms with Crippen molar-refractivity contribution in [3.63, 3.8) is 0 Å². The van der Waals surface area contributed by atoms with Crippen LogP contribution in [0, 0.1) is 5.92 Å². The van der Waals surface area contributed by atoms with Gasteiger partial charge in [0.1, 0.15) is 12.0 Å². The Morgan fingerprint density at radius 3 is 2.75 bits per heavy atom. The maximum Gasteiger partial charge on any atom is 0.159 e. The molecule has 4 N–H and O–H groups in total. The Hall–Kier alpha value is -2.37. The molecule has 0 aliphatic rings. The molecule has 0 fully saturated rings. The lowest BCUT2D eigenvalue weighted by Gasteiger charge is -2.13. The SMILES string of the molecule is CC(C)CCNc1ncnc(Nc2cccnc2)c1N. The lowest BCUT2D eigenvalue weighted by atomic mass is 10.1. The van der Waals surface area contributed by atoms with E-state index >= 15 is 0 Å². The minimum atomic E-state index is 0.514. The van der Waals surface area contributed by atoms with Gasteiger partial charge in [0.25, 0.3) is 0 Å². The van der Waals surface area contributed by atoms with Crippen LogP contribution in [0.2, 0.25) is 0 Å². The average Bonchev–Trinajstić information content (AvgIpc) is 2.44. The monoisotopic (exact) mass is 272 g/mol. The molecule has 2 aromatic rings. The van der Waals surface area contributed by atoms with E-state index in [0.717, 1.165) is 18.7 Å². The van der Waals surface area contributed by atoms with Gasteiger partial charge in [-0.05, 0) is 24.5 Å². The summed E-state index contributed by atoms with van der Waals surface area (Å²) >= 11 is 0. The van der Waals surface area contributed by atoms with E-state index in [4.69, 9.17) is 5.73 Å². The van der Waals surface area contributed by atoms with Gasteiger partial charge in [-0.25, -0.2) is 9.97 Å². The molecule has 6 nitrogen and oxygen atoms in total. The quantitative estimate of drug-likeness (QED) is 0.749. The van der Waals surface area contributed by atoms with E-state index in [-0.39, 0.29) is 0 Å². The summed E-state index contributed by atoms with van der Waals surface area (Å²) in [6.07, 6.45) is 5.99. The summed E-state index contributed by atoms with van der Waals surface area (Å²) in [5.41, 5.74) is 7.43. The van der Waals surface area contributed by atoms with Crippen molar-refractivity contribution in [3.8, 4) is 0 Å². The lowest BCUT2D eigenvalue weighted by Crippen LogP contribution is -2.10. The number of aromatic nitrogens is 3. The molecule has 0 saturated heterocycles. The number of nitrogen functional groups attached to an aromatic ring is 1. The third-order valence-electron chi connectivity index (χ3n) is 2.82. The molecule has 6 heteroatoms. The van der Waals surface area contributed by atoms with Gasteiger partial charge in [0.2, 0.25) is 0 Å². The summed E-state index contributed by atoms with van der Waals surface area (Å²) in [4.78, 5) is 12.4. The van der Waals surface area contributed by atoms with Crippen molar-refractivity contribution in [2.24, 2.45) is 5.92 Å². The van der Waals surface area contributed by atoms with Crippen LogP contribution in [0.3, 0.4) is 0 Å². The number of nitrogens with one attached hydrogen (secondary N) is 2. The van der Waals surface area contributed by atoms with E-state index in [2.05, 4.69) is 39.4 Å². The maximum absolute atomic E-state index is 6.08.